The SMILES string of the molecule is CNCCCN(C)Cc1cn2ccccc2c1C#N. The van der Waals surface area contributed by atoms with Crippen LogP contribution in [0.4, 0.5) is 0 Å². The number of nitrogens with one attached hydrogen (secondary N) is 1. The van der Waals surface area contributed by atoms with E-state index in [0.29, 0.717) is 0 Å². The van der Waals surface area contributed by atoms with E-state index in [0.717, 1.165) is 42.7 Å². The van der Waals surface area contributed by atoms with E-state index in [2.05, 4.69) is 29.5 Å². The molecule has 0 saturated carbocycles. The summed E-state index contributed by atoms with van der Waals surface area (Å²) >= 11 is 0. The van der Waals surface area contributed by atoms with Crippen LogP contribution in [0.1, 0.15) is 17.5 Å². The van der Waals surface area contributed by atoms with E-state index >= 15 is 0 Å². The Kier molecular flexibility index (Phi) is 4.56. The van der Waals surface area contributed by atoms with Crippen LogP contribution in [0.3, 0.4) is 0 Å². The van der Waals surface area contributed by atoms with Crippen molar-refractivity contribution < 1.29 is 0 Å². The monoisotopic (exact) mass is 256 g/mol. The van der Waals surface area contributed by atoms with E-state index in [1.54, 1.807) is 0 Å². The molecule has 19 heavy (non-hydrogen) atoms. The van der Waals surface area contributed by atoms with Crippen LogP contribution < -0.4 is 5.32 Å². The van der Waals surface area contributed by atoms with Gasteiger partial charge >= 0.3 is 0 Å². The van der Waals surface area contributed by atoms with E-state index in [4.69, 9.17) is 0 Å². The van der Waals surface area contributed by atoms with Crippen LogP contribution in [0.5, 0.6) is 0 Å². The molecule has 0 unspecified atom stereocenters. The Morgan fingerprint density at radius 1 is 1.42 bits per heavy atom. The fraction of sp³-hybridized carbons (Fsp3) is 0.400. The maximum absolute atomic E-state index is 9.34. The molecule has 0 aromatic carbocycles. The second-order valence-corrected chi connectivity index (χ2v) is 4.83. The van der Waals surface area contributed by atoms with Gasteiger partial charge in [-0.15, -0.1) is 0 Å². The van der Waals surface area contributed by atoms with Gasteiger partial charge in [-0.2, -0.15) is 5.26 Å². The molecule has 0 bridgehead atoms. The minimum Gasteiger partial charge on any atom is -0.322 e. The molecule has 0 radical (unpaired) electrons. The lowest BCUT2D eigenvalue weighted by Gasteiger charge is -2.15. The molecule has 2 heterocycles. The summed E-state index contributed by atoms with van der Waals surface area (Å²) in [5.41, 5.74) is 2.88. The van der Waals surface area contributed by atoms with Crippen molar-refractivity contribution in [2.45, 2.75) is 13.0 Å². The highest BCUT2D eigenvalue weighted by Crippen LogP contribution is 2.18. The van der Waals surface area contributed by atoms with Crippen molar-refractivity contribution >= 4 is 5.52 Å². The molecule has 4 heteroatoms. The van der Waals surface area contributed by atoms with Gasteiger partial charge in [-0.25, -0.2) is 0 Å². The number of aromatic nitrogens is 1. The van der Waals surface area contributed by atoms with Crippen molar-refractivity contribution in [2.24, 2.45) is 0 Å². The highest BCUT2D eigenvalue weighted by atomic mass is 15.1. The van der Waals surface area contributed by atoms with Gasteiger partial charge in [0.15, 0.2) is 0 Å². The fourth-order valence-corrected chi connectivity index (χ4v) is 2.32. The molecule has 4 nitrogen and oxygen atoms in total. The van der Waals surface area contributed by atoms with E-state index in [9.17, 15) is 5.26 Å². The predicted octanol–water partition coefficient (Wildman–Crippen LogP) is 1.85. The zero-order chi connectivity index (χ0) is 13.7. The van der Waals surface area contributed by atoms with Crippen molar-refractivity contribution in [1.29, 1.82) is 5.26 Å². The van der Waals surface area contributed by atoms with Crippen molar-refractivity contribution in [3.05, 3.63) is 41.7 Å². The molecule has 2 rings (SSSR count). The number of nitrogens with zero attached hydrogens (tertiary/aromatic N) is 3. The molecule has 2 aromatic heterocycles. The average molecular weight is 256 g/mol. The summed E-state index contributed by atoms with van der Waals surface area (Å²) in [6, 6.07) is 8.27. The standard InChI is InChI=1S/C15H20N4/c1-17-7-5-8-18(2)11-13-12-19-9-4-3-6-15(19)14(13)10-16/h3-4,6,9,12,17H,5,7-8,11H2,1-2H3. The van der Waals surface area contributed by atoms with Crippen LogP contribution in [-0.2, 0) is 6.54 Å². The van der Waals surface area contributed by atoms with Gasteiger partial charge in [0.1, 0.15) is 6.07 Å². The zero-order valence-corrected chi connectivity index (χ0v) is 11.6. The Morgan fingerprint density at radius 3 is 3.00 bits per heavy atom. The number of nitriles is 1. The zero-order valence-electron chi connectivity index (χ0n) is 11.6. The van der Waals surface area contributed by atoms with E-state index < -0.39 is 0 Å². The molecule has 0 amide bonds. The van der Waals surface area contributed by atoms with Gasteiger partial charge in [0.2, 0.25) is 0 Å². The van der Waals surface area contributed by atoms with Crippen LogP contribution in [0.2, 0.25) is 0 Å². The second-order valence-electron chi connectivity index (χ2n) is 4.83. The topological polar surface area (TPSA) is 43.5 Å². The maximum Gasteiger partial charge on any atom is 0.102 e. The third-order valence-electron chi connectivity index (χ3n) is 3.28. The summed E-state index contributed by atoms with van der Waals surface area (Å²) < 4.78 is 2.02. The summed E-state index contributed by atoms with van der Waals surface area (Å²) in [6.07, 6.45) is 5.16. The summed E-state index contributed by atoms with van der Waals surface area (Å²) in [4.78, 5) is 2.26. The predicted molar refractivity (Wildman–Crippen MR) is 77.0 cm³/mol. The maximum atomic E-state index is 9.34. The Hall–Kier alpha value is -1.83. The smallest absolute Gasteiger partial charge is 0.102 e. The van der Waals surface area contributed by atoms with Crippen molar-refractivity contribution in [2.75, 3.05) is 27.2 Å². The first-order valence-corrected chi connectivity index (χ1v) is 6.58. The van der Waals surface area contributed by atoms with Gasteiger partial charge in [-0.05, 0) is 45.7 Å². The first kappa shape index (κ1) is 13.6. The number of hydrogen-bond acceptors (Lipinski definition) is 3. The lowest BCUT2D eigenvalue weighted by molar-refractivity contribution is 0.321. The Morgan fingerprint density at radius 2 is 2.26 bits per heavy atom. The summed E-state index contributed by atoms with van der Waals surface area (Å²) in [5.74, 6) is 0. The van der Waals surface area contributed by atoms with Gasteiger partial charge in [0, 0.05) is 24.5 Å². The van der Waals surface area contributed by atoms with E-state index in [-0.39, 0.29) is 0 Å². The van der Waals surface area contributed by atoms with Crippen molar-refractivity contribution in [3.63, 3.8) is 0 Å². The normalized spacial score (nSPS) is 11.1. The Balaban J connectivity index is 2.14. The van der Waals surface area contributed by atoms with Gasteiger partial charge in [-0.3, -0.25) is 0 Å². The van der Waals surface area contributed by atoms with Crippen LogP contribution in [0.15, 0.2) is 30.6 Å². The molecule has 0 aliphatic carbocycles. The van der Waals surface area contributed by atoms with E-state index in [1.165, 1.54) is 0 Å². The van der Waals surface area contributed by atoms with Gasteiger partial charge in [0.25, 0.3) is 0 Å². The number of hydrogen-bond donors (Lipinski definition) is 1. The molecule has 0 spiro atoms. The molecule has 100 valence electrons. The van der Waals surface area contributed by atoms with Crippen LogP contribution in [-0.4, -0.2) is 36.5 Å². The van der Waals surface area contributed by atoms with Gasteiger partial charge in [-0.1, -0.05) is 6.07 Å². The van der Waals surface area contributed by atoms with Crippen LogP contribution >= 0.6 is 0 Å². The fourth-order valence-electron chi connectivity index (χ4n) is 2.32. The third-order valence-corrected chi connectivity index (χ3v) is 3.28. The highest BCUT2D eigenvalue weighted by molar-refractivity contribution is 5.65. The number of rotatable bonds is 6. The van der Waals surface area contributed by atoms with E-state index in [1.807, 2.05) is 35.8 Å². The lowest BCUT2D eigenvalue weighted by atomic mass is 10.1. The Labute approximate surface area is 114 Å². The molecule has 0 fully saturated rings. The Bertz CT molecular complexity index is 579. The second kappa shape index (κ2) is 6.37. The molecule has 2 aromatic rings. The minimum absolute atomic E-state index is 0.793. The number of fused-ring (bicyclic) bond motifs is 1. The van der Waals surface area contributed by atoms with Crippen molar-refractivity contribution in [3.8, 4) is 6.07 Å². The molecule has 1 N–H and O–H groups in total. The molecular weight excluding hydrogens is 236 g/mol. The lowest BCUT2D eigenvalue weighted by Crippen LogP contribution is -2.22. The molecule has 0 saturated heterocycles. The summed E-state index contributed by atoms with van der Waals surface area (Å²) in [6.45, 7) is 2.86. The quantitative estimate of drug-likeness (QED) is 0.802. The van der Waals surface area contributed by atoms with Gasteiger partial charge < -0.3 is 14.6 Å². The average Bonchev–Trinajstić information content (AvgIpc) is 2.76. The molecule has 0 atom stereocenters. The minimum atomic E-state index is 0.793. The van der Waals surface area contributed by atoms with Crippen LogP contribution in [0, 0.1) is 11.3 Å². The van der Waals surface area contributed by atoms with Crippen molar-refractivity contribution in [1.82, 2.24) is 14.6 Å². The highest BCUT2D eigenvalue weighted by Gasteiger charge is 2.11. The summed E-state index contributed by atoms with van der Waals surface area (Å²) in [5, 5.41) is 12.5. The summed E-state index contributed by atoms with van der Waals surface area (Å²) in [7, 11) is 4.06. The number of pyridine rings is 1. The largest absolute Gasteiger partial charge is 0.322 e. The van der Waals surface area contributed by atoms with Crippen LogP contribution in [0.25, 0.3) is 5.52 Å². The molecule has 0 aliphatic rings. The van der Waals surface area contributed by atoms with Gasteiger partial charge in [0.05, 0.1) is 11.1 Å². The molecular formula is C15H20N4. The molecule has 0 aliphatic heterocycles. The first-order chi connectivity index (χ1) is 9.26. The first-order valence-electron chi connectivity index (χ1n) is 6.58. The third kappa shape index (κ3) is 3.14.